The lowest BCUT2D eigenvalue weighted by Crippen LogP contribution is -2.49. The van der Waals surface area contributed by atoms with E-state index in [9.17, 15) is 9.00 Å². The van der Waals surface area contributed by atoms with E-state index in [-0.39, 0.29) is 5.91 Å². The molecule has 1 aliphatic rings. The summed E-state index contributed by atoms with van der Waals surface area (Å²) >= 11 is 0. The molecule has 0 saturated carbocycles. The Labute approximate surface area is 197 Å². The Bertz CT molecular complexity index is 1100. The van der Waals surface area contributed by atoms with Crippen LogP contribution in [0, 0.1) is 6.92 Å². The minimum absolute atomic E-state index is 0.0263. The molecule has 1 fully saturated rings. The van der Waals surface area contributed by atoms with Gasteiger partial charge in [0.15, 0.2) is 0 Å². The Kier molecular flexibility index (Phi) is 7.67. The van der Waals surface area contributed by atoms with E-state index in [1.54, 1.807) is 12.1 Å². The van der Waals surface area contributed by atoms with Crippen LogP contribution in [0.5, 0.6) is 0 Å². The molecule has 0 bridgehead atoms. The highest BCUT2D eigenvalue weighted by molar-refractivity contribution is 7.85. The lowest BCUT2D eigenvalue weighted by atomic mass is 10.1. The Morgan fingerprint density at radius 3 is 2.52 bits per heavy atom. The van der Waals surface area contributed by atoms with E-state index < -0.39 is 10.8 Å². The van der Waals surface area contributed by atoms with Gasteiger partial charge in [0.05, 0.1) is 21.3 Å². The Morgan fingerprint density at radius 1 is 1.06 bits per heavy atom. The Balaban J connectivity index is 1.25. The predicted octanol–water partition coefficient (Wildman–Crippen LogP) is 3.56. The first kappa shape index (κ1) is 23.3. The van der Waals surface area contributed by atoms with Gasteiger partial charge in [-0.3, -0.25) is 13.9 Å². The summed E-state index contributed by atoms with van der Waals surface area (Å²) in [6.45, 7) is 7.82. The van der Waals surface area contributed by atoms with Crippen LogP contribution in [0.2, 0.25) is 0 Å². The van der Waals surface area contributed by atoms with Gasteiger partial charge in [-0.15, -0.1) is 0 Å². The molecule has 174 valence electrons. The zero-order chi connectivity index (χ0) is 23.2. The number of hydrogen-bond acceptors (Lipinski definition) is 6. The van der Waals surface area contributed by atoms with Crippen molar-refractivity contribution >= 4 is 16.7 Å². The van der Waals surface area contributed by atoms with Crippen LogP contribution < -0.4 is 0 Å². The molecular formula is C25H30N4O3S. The van der Waals surface area contributed by atoms with E-state index in [1.807, 2.05) is 48.2 Å². The molecule has 8 heteroatoms. The second-order valence-electron chi connectivity index (χ2n) is 8.25. The van der Waals surface area contributed by atoms with Crippen LogP contribution in [0.4, 0.5) is 0 Å². The average molecular weight is 467 g/mol. The number of aromatic nitrogens is 2. The monoisotopic (exact) mass is 466 g/mol. The Hall–Kier alpha value is -2.84. The third-order valence-corrected chi connectivity index (χ3v) is 7.30. The molecule has 7 nitrogen and oxygen atoms in total. The smallest absolute Gasteiger partial charge is 0.255 e. The maximum absolute atomic E-state index is 13.0. The second-order valence-corrected chi connectivity index (χ2v) is 9.95. The van der Waals surface area contributed by atoms with Gasteiger partial charge in [-0.1, -0.05) is 54.0 Å². The highest BCUT2D eigenvalue weighted by Crippen LogP contribution is 2.19. The number of benzene rings is 2. The maximum Gasteiger partial charge on any atom is 0.255 e. The molecule has 1 saturated heterocycles. The molecule has 1 aromatic heterocycles. The van der Waals surface area contributed by atoms with E-state index in [2.05, 4.69) is 22.0 Å². The molecule has 3 aromatic rings. The molecule has 1 unspecified atom stereocenters. The molecule has 33 heavy (non-hydrogen) atoms. The van der Waals surface area contributed by atoms with Gasteiger partial charge in [0.25, 0.3) is 5.91 Å². The molecule has 2 aromatic carbocycles. The first-order chi connectivity index (χ1) is 16.0. The lowest BCUT2D eigenvalue weighted by molar-refractivity contribution is 0.0632. The predicted molar refractivity (Wildman–Crippen MR) is 129 cm³/mol. The topological polar surface area (TPSA) is 79.5 Å². The van der Waals surface area contributed by atoms with Crippen molar-refractivity contribution in [1.82, 2.24) is 19.9 Å². The van der Waals surface area contributed by atoms with Gasteiger partial charge in [-0.25, -0.2) is 0 Å². The highest BCUT2D eigenvalue weighted by atomic mass is 32.2. The van der Waals surface area contributed by atoms with Gasteiger partial charge in [0.2, 0.25) is 11.7 Å². The van der Waals surface area contributed by atoms with Crippen molar-refractivity contribution in [2.24, 2.45) is 0 Å². The molecule has 2 heterocycles. The molecule has 4 rings (SSSR count). The van der Waals surface area contributed by atoms with Crippen LogP contribution in [-0.4, -0.2) is 68.5 Å². The molecule has 0 radical (unpaired) electrons. The first-order valence-corrected chi connectivity index (χ1v) is 12.8. The zero-order valence-electron chi connectivity index (χ0n) is 19.2. The number of nitrogens with zero attached hydrogens (tertiary/aromatic N) is 4. The van der Waals surface area contributed by atoms with Crippen molar-refractivity contribution in [3.63, 3.8) is 0 Å². The minimum Gasteiger partial charge on any atom is -0.339 e. The van der Waals surface area contributed by atoms with Crippen molar-refractivity contribution in [1.29, 1.82) is 0 Å². The maximum atomic E-state index is 13.0. The third-order valence-electron chi connectivity index (χ3n) is 5.93. The summed E-state index contributed by atoms with van der Waals surface area (Å²) in [4.78, 5) is 22.4. The van der Waals surface area contributed by atoms with Gasteiger partial charge in [-0.2, -0.15) is 4.98 Å². The lowest BCUT2D eigenvalue weighted by Gasteiger charge is -2.35. The number of hydrogen-bond donors (Lipinski definition) is 0. The van der Waals surface area contributed by atoms with E-state index in [1.165, 1.54) is 5.56 Å². The average Bonchev–Trinajstić information content (AvgIpc) is 3.33. The molecule has 0 N–H and O–H groups in total. The normalized spacial score (nSPS) is 15.5. The first-order valence-electron chi connectivity index (χ1n) is 11.4. The number of rotatable bonds is 8. The van der Waals surface area contributed by atoms with Crippen molar-refractivity contribution in [2.75, 3.05) is 38.5 Å². The van der Waals surface area contributed by atoms with Gasteiger partial charge in [0.1, 0.15) is 0 Å². The van der Waals surface area contributed by atoms with E-state index in [0.29, 0.717) is 41.0 Å². The SMILES string of the molecule is CCS(=O)c1ccccc1C(=O)N1CCN(CCCc2nc(-c3ccc(C)cc3)no2)CC1. The number of carbonyl (C=O) groups is 1. The quantitative estimate of drug-likeness (QED) is 0.505. The summed E-state index contributed by atoms with van der Waals surface area (Å²) in [5, 5.41) is 4.10. The summed E-state index contributed by atoms with van der Waals surface area (Å²) in [7, 11) is -1.15. The van der Waals surface area contributed by atoms with Crippen molar-refractivity contribution in [3.8, 4) is 11.4 Å². The number of aryl methyl sites for hydroxylation is 2. The van der Waals surface area contributed by atoms with Crippen LogP contribution in [0.15, 0.2) is 57.9 Å². The summed E-state index contributed by atoms with van der Waals surface area (Å²) in [6.07, 6.45) is 1.65. The van der Waals surface area contributed by atoms with E-state index in [0.717, 1.165) is 38.0 Å². The standard InChI is InChI=1S/C25H30N4O3S/c1-3-33(31)22-8-5-4-7-21(22)25(30)29-17-15-28(16-18-29)14-6-9-23-26-24(27-32-23)20-12-10-19(2)11-13-20/h4-5,7-8,10-13H,3,6,9,14-18H2,1-2H3. The van der Waals surface area contributed by atoms with Gasteiger partial charge >= 0.3 is 0 Å². The van der Waals surface area contributed by atoms with Crippen LogP contribution >= 0.6 is 0 Å². The number of carbonyl (C=O) groups excluding carboxylic acids is 1. The largest absolute Gasteiger partial charge is 0.339 e. The van der Waals surface area contributed by atoms with Crippen molar-refractivity contribution < 1.29 is 13.5 Å². The summed E-state index contributed by atoms with van der Waals surface area (Å²) in [5.41, 5.74) is 2.72. The summed E-state index contributed by atoms with van der Waals surface area (Å²) in [5.74, 6) is 1.76. The molecular weight excluding hydrogens is 436 g/mol. The van der Waals surface area contributed by atoms with Crippen LogP contribution in [0.25, 0.3) is 11.4 Å². The minimum atomic E-state index is -1.15. The fourth-order valence-electron chi connectivity index (χ4n) is 3.97. The summed E-state index contributed by atoms with van der Waals surface area (Å²) in [6, 6.07) is 15.3. The second kappa shape index (κ2) is 10.9. The van der Waals surface area contributed by atoms with Crippen molar-refractivity contribution in [2.45, 2.75) is 31.6 Å². The van der Waals surface area contributed by atoms with Gasteiger partial charge in [0, 0.05) is 43.9 Å². The summed E-state index contributed by atoms with van der Waals surface area (Å²) < 4.78 is 17.7. The number of piperazine rings is 1. The Morgan fingerprint density at radius 2 is 1.79 bits per heavy atom. The van der Waals surface area contributed by atoms with Gasteiger partial charge in [-0.05, 0) is 32.0 Å². The van der Waals surface area contributed by atoms with Crippen LogP contribution in [-0.2, 0) is 17.2 Å². The van der Waals surface area contributed by atoms with Gasteiger partial charge < -0.3 is 9.42 Å². The molecule has 0 aliphatic carbocycles. The molecule has 0 spiro atoms. The molecule has 1 amide bonds. The molecule has 1 atom stereocenters. The van der Waals surface area contributed by atoms with Crippen LogP contribution in [0.1, 0.15) is 35.2 Å². The fourth-order valence-corrected chi connectivity index (χ4v) is 4.91. The number of amides is 1. The van der Waals surface area contributed by atoms with E-state index >= 15 is 0 Å². The highest BCUT2D eigenvalue weighted by Gasteiger charge is 2.24. The third kappa shape index (κ3) is 5.75. The van der Waals surface area contributed by atoms with E-state index in [4.69, 9.17) is 4.52 Å². The zero-order valence-corrected chi connectivity index (χ0v) is 20.0. The van der Waals surface area contributed by atoms with Crippen LogP contribution in [0.3, 0.4) is 0 Å². The molecule has 1 aliphatic heterocycles. The fraction of sp³-hybridized carbons (Fsp3) is 0.400. The van der Waals surface area contributed by atoms with Crippen molar-refractivity contribution in [3.05, 3.63) is 65.5 Å².